The smallest absolute Gasteiger partial charge is 0.321 e. The van der Waals surface area contributed by atoms with Gasteiger partial charge < -0.3 is 10.2 Å². The number of hydrogen-bond acceptors (Lipinski definition) is 2. The van der Waals surface area contributed by atoms with Crippen LogP contribution in [0.3, 0.4) is 0 Å². The van der Waals surface area contributed by atoms with Crippen molar-refractivity contribution in [2.75, 3.05) is 25.0 Å². The number of benzene rings is 2. The molecule has 2 amide bonds. The van der Waals surface area contributed by atoms with Gasteiger partial charge in [-0.15, -0.1) is 0 Å². The van der Waals surface area contributed by atoms with E-state index in [1.807, 2.05) is 36.1 Å². The second kappa shape index (κ2) is 7.83. The zero-order chi connectivity index (χ0) is 20.6. The highest BCUT2D eigenvalue weighted by Crippen LogP contribution is 2.55. The number of nitrogens with zero attached hydrogens (tertiary/aromatic N) is 2. The fraction of sp³-hybridized carbons (Fsp3) is 0.480. The number of likely N-dealkylation sites (tertiary alicyclic amines) is 2. The molecule has 0 aromatic heterocycles. The van der Waals surface area contributed by atoms with Crippen LogP contribution in [0.2, 0.25) is 0 Å². The van der Waals surface area contributed by atoms with E-state index in [1.165, 1.54) is 11.1 Å². The first-order chi connectivity index (χ1) is 13.9. The topological polar surface area (TPSA) is 35.6 Å². The summed E-state index contributed by atoms with van der Waals surface area (Å²) >= 11 is 0. The summed E-state index contributed by atoms with van der Waals surface area (Å²) in [5.41, 5.74) is 5.06. The summed E-state index contributed by atoms with van der Waals surface area (Å²) in [6, 6.07) is 18.1. The van der Waals surface area contributed by atoms with Crippen molar-refractivity contribution in [3.63, 3.8) is 0 Å². The van der Waals surface area contributed by atoms with E-state index in [2.05, 4.69) is 55.3 Å². The molecule has 4 heteroatoms. The predicted octanol–water partition coefficient (Wildman–Crippen LogP) is 5.38. The van der Waals surface area contributed by atoms with Crippen molar-refractivity contribution >= 4 is 11.7 Å². The number of anilines is 1. The molecule has 0 radical (unpaired) electrons. The van der Waals surface area contributed by atoms with Crippen molar-refractivity contribution in [1.29, 1.82) is 0 Å². The van der Waals surface area contributed by atoms with Crippen LogP contribution < -0.4 is 5.32 Å². The molecule has 1 atom stereocenters. The maximum absolute atomic E-state index is 12.8. The van der Waals surface area contributed by atoms with Gasteiger partial charge >= 0.3 is 6.03 Å². The lowest BCUT2D eigenvalue weighted by Crippen LogP contribution is -2.64. The zero-order valence-corrected chi connectivity index (χ0v) is 18.1. The lowest BCUT2D eigenvalue weighted by molar-refractivity contribution is -0.123. The van der Waals surface area contributed by atoms with Crippen molar-refractivity contribution < 1.29 is 4.79 Å². The summed E-state index contributed by atoms with van der Waals surface area (Å²) in [6.07, 6.45) is 2.13. The van der Waals surface area contributed by atoms with E-state index >= 15 is 0 Å². The molecule has 29 heavy (non-hydrogen) atoms. The number of amides is 2. The van der Waals surface area contributed by atoms with Crippen LogP contribution in [0.4, 0.5) is 10.5 Å². The number of piperidine rings is 1. The van der Waals surface area contributed by atoms with Gasteiger partial charge in [-0.1, -0.05) is 42.0 Å². The molecule has 0 aliphatic carbocycles. The van der Waals surface area contributed by atoms with E-state index in [-0.39, 0.29) is 6.03 Å². The van der Waals surface area contributed by atoms with Crippen LogP contribution in [-0.2, 0) is 0 Å². The maximum atomic E-state index is 12.8. The third-order valence-corrected chi connectivity index (χ3v) is 6.78. The first kappa shape index (κ1) is 20.0. The van der Waals surface area contributed by atoms with Gasteiger partial charge in [0, 0.05) is 42.8 Å². The standard InChI is InChI=1S/C25H33N3O/c1-18(2)28-17-25(23(28)21-10-8-19(3)9-11-21)12-14-27(15-13-25)24(29)26-22-7-5-6-20(4)16-22/h5-11,16,18,23H,12-15,17H2,1-4H3,(H,26,29). The van der Waals surface area contributed by atoms with Gasteiger partial charge in [-0.2, -0.15) is 0 Å². The van der Waals surface area contributed by atoms with Crippen LogP contribution >= 0.6 is 0 Å². The minimum Gasteiger partial charge on any atom is -0.324 e. The molecular weight excluding hydrogens is 358 g/mol. The molecule has 2 saturated heterocycles. The Bertz CT molecular complexity index is 866. The third kappa shape index (κ3) is 3.91. The van der Waals surface area contributed by atoms with Crippen LogP contribution in [0.1, 0.15) is 49.4 Å². The van der Waals surface area contributed by atoms with E-state index in [4.69, 9.17) is 0 Å². The molecule has 2 aliphatic heterocycles. The lowest BCUT2D eigenvalue weighted by Gasteiger charge is -2.62. The SMILES string of the molecule is Cc1ccc(C2N(C(C)C)CC23CCN(C(=O)Nc2cccc(C)c2)CC3)cc1. The van der Waals surface area contributed by atoms with Crippen LogP contribution in [0.15, 0.2) is 48.5 Å². The van der Waals surface area contributed by atoms with Gasteiger partial charge in [0.15, 0.2) is 0 Å². The van der Waals surface area contributed by atoms with Crippen molar-refractivity contribution in [2.45, 2.75) is 52.6 Å². The number of carbonyl (C=O) groups is 1. The number of urea groups is 1. The molecule has 2 aromatic rings. The quantitative estimate of drug-likeness (QED) is 0.762. The van der Waals surface area contributed by atoms with E-state index < -0.39 is 0 Å². The summed E-state index contributed by atoms with van der Waals surface area (Å²) in [5.74, 6) is 0. The second-order valence-corrected chi connectivity index (χ2v) is 9.23. The van der Waals surface area contributed by atoms with Gasteiger partial charge in [0.05, 0.1) is 0 Å². The second-order valence-electron chi connectivity index (χ2n) is 9.23. The monoisotopic (exact) mass is 391 g/mol. The van der Waals surface area contributed by atoms with Crippen molar-refractivity contribution in [3.05, 3.63) is 65.2 Å². The lowest BCUT2D eigenvalue weighted by atomic mass is 9.62. The molecule has 0 bridgehead atoms. The minimum atomic E-state index is 0.0253. The van der Waals surface area contributed by atoms with Crippen LogP contribution in [0.25, 0.3) is 0 Å². The number of rotatable bonds is 3. The first-order valence-electron chi connectivity index (χ1n) is 10.8. The molecule has 2 aliphatic rings. The van der Waals surface area contributed by atoms with Gasteiger partial charge in [0.2, 0.25) is 0 Å². The Morgan fingerprint density at radius 1 is 1.03 bits per heavy atom. The van der Waals surface area contributed by atoms with E-state index in [9.17, 15) is 4.79 Å². The van der Waals surface area contributed by atoms with E-state index in [0.717, 1.165) is 43.7 Å². The highest BCUT2D eigenvalue weighted by atomic mass is 16.2. The van der Waals surface area contributed by atoms with Crippen LogP contribution in [-0.4, -0.2) is 41.5 Å². The van der Waals surface area contributed by atoms with Crippen molar-refractivity contribution in [1.82, 2.24) is 9.80 Å². The number of carbonyl (C=O) groups excluding carboxylic acids is 1. The molecule has 2 heterocycles. The summed E-state index contributed by atoms with van der Waals surface area (Å²) in [6.45, 7) is 11.6. The predicted molar refractivity (Wildman–Crippen MR) is 119 cm³/mol. The normalized spacial score (nSPS) is 21.3. The average Bonchev–Trinajstić information content (AvgIpc) is 2.68. The van der Waals surface area contributed by atoms with Gasteiger partial charge in [0.25, 0.3) is 0 Å². The van der Waals surface area contributed by atoms with E-state index in [0.29, 0.717) is 17.5 Å². The minimum absolute atomic E-state index is 0.0253. The molecule has 1 unspecified atom stereocenters. The Kier molecular flexibility index (Phi) is 5.39. The molecule has 4 nitrogen and oxygen atoms in total. The molecule has 2 fully saturated rings. The molecule has 154 valence electrons. The fourth-order valence-electron chi connectivity index (χ4n) is 5.07. The van der Waals surface area contributed by atoms with Crippen LogP contribution in [0.5, 0.6) is 0 Å². The molecule has 4 rings (SSSR count). The Hall–Kier alpha value is -2.33. The van der Waals surface area contributed by atoms with Crippen molar-refractivity contribution in [2.24, 2.45) is 5.41 Å². The summed E-state index contributed by atoms with van der Waals surface area (Å²) in [4.78, 5) is 17.4. The number of hydrogen-bond donors (Lipinski definition) is 1. The Balaban J connectivity index is 1.44. The van der Waals surface area contributed by atoms with E-state index in [1.54, 1.807) is 0 Å². The summed E-state index contributed by atoms with van der Waals surface area (Å²) < 4.78 is 0. The molecule has 1 N–H and O–H groups in total. The van der Waals surface area contributed by atoms with Gasteiger partial charge in [-0.05, 0) is 63.8 Å². The summed E-state index contributed by atoms with van der Waals surface area (Å²) in [5, 5.41) is 3.07. The molecule has 2 aromatic carbocycles. The highest BCUT2D eigenvalue weighted by Gasteiger charge is 2.54. The maximum Gasteiger partial charge on any atom is 0.321 e. The van der Waals surface area contributed by atoms with Gasteiger partial charge in [-0.25, -0.2) is 4.79 Å². The van der Waals surface area contributed by atoms with Crippen molar-refractivity contribution in [3.8, 4) is 0 Å². The molecule has 1 spiro atoms. The van der Waals surface area contributed by atoms with Gasteiger partial charge in [-0.3, -0.25) is 4.90 Å². The molecular formula is C25H33N3O. The average molecular weight is 392 g/mol. The zero-order valence-electron chi connectivity index (χ0n) is 18.1. The van der Waals surface area contributed by atoms with Crippen LogP contribution in [0, 0.1) is 19.3 Å². The number of aryl methyl sites for hydroxylation is 2. The largest absolute Gasteiger partial charge is 0.324 e. The third-order valence-electron chi connectivity index (χ3n) is 6.78. The highest BCUT2D eigenvalue weighted by molar-refractivity contribution is 5.89. The summed E-state index contributed by atoms with van der Waals surface area (Å²) in [7, 11) is 0. The first-order valence-corrected chi connectivity index (χ1v) is 10.8. The fourth-order valence-corrected chi connectivity index (χ4v) is 5.07. The Morgan fingerprint density at radius 3 is 2.34 bits per heavy atom. The Morgan fingerprint density at radius 2 is 1.72 bits per heavy atom. The number of nitrogens with one attached hydrogen (secondary N) is 1. The molecule has 0 saturated carbocycles. The van der Waals surface area contributed by atoms with Gasteiger partial charge in [0.1, 0.15) is 0 Å². The Labute approximate surface area is 174 Å².